The van der Waals surface area contributed by atoms with Gasteiger partial charge in [0.1, 0.15) is 5.75 Å². The van der Waals surface area contributed by atoms with Gasteiger partial charge in [-0.1, -0.05) is 17.7 Å². The average Bonchev–Trinajstić information content (AvgIpc) is 2.28. The lowest BCUT2D eigenvalue weighted by molar-refractivity contribution is 0.464. The smallest absolute Gasteiger partial charge is 0.120 e. The zero-order valence-corrected chi connectivity index (χ0v) is 9.79. The number of benzene rings is 1. The minimum atomic E-state index is 0.363. The molecule has 2 heteroatoms. The summed E-state index contributed by atoms with van der Waals surface area (Å²) >= 11 is 0. The summed E-state index contributed by atoms with van der Waals surface area (Å²) in [6.45, 7) is 3.68. The third kappa shape index (κ3) is 4.37. The van der Waals surface area contributed by atoms with E-state index < -0.39 is 0 Å². The topological polar surface area (TPSA) is 32.3 Å². The zero-order chi connectivity index (χ0) is 11.8. The Morgan fingerprint density at radius 1 is 1.38 bits per heavy atom. The van der Waals surface area contributed by atoms with Gasteiger partial charge in [0.2, 0.25) is 0 Å². The Morgan fingerprint density at radius 2 is 2.19 bits per heavy atom. The van der Waals surface area contributed by atoms with E-state index in [-0.39, 0.29) is 0 Å². The molecular formula is C14H19NO. The van der Waals surface area contributed by atoms with Crippen LogP contribution >= 0.6 is 0 Å². The third-order valence-electron chi connectivity index (χ3n) is 2.48. The van der Waals surface area contributed by atoms with Crippen molar-refractivity contribution < 1.29 is 5.11 Å². The summed E-state index contributed by atoms with van der Waals surface area (Å²) in [6.07, 6.45) is 8.15. The van der Waals surface area contributed by atoms with E-state index in [0.29, 0.717) is 12.3 Å². The van der Waals surface area contributed by atoms with Gasteiger partial charge in [0, 0.05) is 18.5 Å². The second kappa shape index (κ2) is 6.92. The Kier molecular flexibility index (Phi) is 5.45. The highest BCUT2D eigenvalue weighted by Gasteiger charge is 2.00. The van der Waals surface area contributed by atoms with Crippen molar-refractivity contribution in [3.63, 3.8) is 0 Å². The maximum atomic E-state index is 9.61. The molecule has 0 saturated heterocycles. The van der Waals surface area contributed by atoms with Crippen molar-refractivity contribution >= 4 is 0 Å². The standard InChI is InChI=1S/C14H19NO/c1-3-4-5-6-9-15-11-13-10-12(2)7-8-14(13)16/h1,7-8,10,15-16H,4-6,9,11H2,2H3. The lowest BCUT2D eigenvalue weighted by atomic mass is 10.1. The van der Waals surface area contributed by atoms with Crippen molar-refractivity contribution in [1.29, 1.82) is 0 Å². The molecule has 0 bridgehead atoms. The summed E-state index contributed by atoms with van der Waals surface area (Å²) in [6, 6.07) is 5.65. The number of hydrogen-bond donors (Lipinski definition) is 2. The maximum absolute atomic E-state index is 9.61. The lowest BCUT2D eigenvalue weighted by Gasteiger charge is -2.07. The van der Waals surface area contributed by atoms with E-state index in [1.165, 1.54) is 5.56 Å². The molecule has 0 unspecified atom stereocenters. The van der Waals surface area contributed by atoms with Gasteiger partial charge in [-0.3, -0.25) is 0 Å². The fourth-order valence-corrected chi connectivity index (χ4v) is 1.56. The van der Waals surface area contributed by atoms with Gasteiger partial charge >= 0.3 is 0 Å². The van der Waals surface area contributed by atoms with Gasteiger partial charge in [0.25, 0.3) is 0 Å². The van der Waals surface area contributed by atoms with E-state index in [1.807, 2.05) is 19.1 Å². The molecule has 0 heterocycles. The number of hydrogen-bond acceptors (Lipinski definition) is 2. The van der Waals surface area contributed by atoms with Crippen LogP contribution in [0.1, 0.15) is 30.4 Å². The van der Waals surface area contributed by atoms with Crippen LogP contribution in [0, 0.1) is 19.3 Å². The van der Waals surface area contributed by atoms with Crippen molar-refractivity contribution in [3.05, 3.63) is 29.3 Å². The van der Waals surface area contributed by atoms with E-state index in [4.69, 9.17) is 6.42 Å². The molecule has 16 heavy (non-hydrogen) atoms. The van der Waals surface area contributed by atoms with Crippen LogP contribution in [0.3, 0.4) is 0 Å². The van der Waals surface area contributed by atoms with Gasteiger partial charge in [-0.2, -0.15) is 0 Å². The maximum Gasteiger partial charge on any atom is 0.120 e. The predicted octanol–water partition coefficient (Wildman–Crippen LogP) is 2.59. The molecule has 0 aliphatic carbocycles. The number of phenolic OH excluding ortho intramolecular Hbond substituents is 1. The molecule has 0 atom stereocenters. The number of aryl methyl sites for hydroxylation is 1. The summed E-state index contributed by atoms with van der Waals surface area (Å²) < 4.78 is 0. The minimum Gasteiger partial charge on any atom is -0.508 e. The Labute approximate surface area is 97.7 Å². The van der Waals surface area contributed by atoms with Crippen molar-refractivity contribution in [2.45, 2.75) is 32.7 Å². The van der Waals surface area contributed by atoms with Gasteiger partial charge in [-0.15, -0.1) is 12.3 Å². The van der Waals surface area contributed by atoms with Gasteiger partial charge < -0.3 is 10.4 Å². The van der Waals surface area contributed by atoms with Crippen LogP contribution in [0.15, 0.2) is 18.2 Å². The highest BCUT2D eigenvalue weighted by atomic mass is 16.3. The zero-order valence-electron chi connectivity index (χ0n) is 9.79. The summed E-state index contributed by atoms with van der Waals surface area (Å²) in [5.74, 6) is 2.99. The molecule has 2 N–H and O–H groups in total. The number of nitrogens with one attached hydrogen (secondary N) is 1. The molecule has 2 nitrogen and oxygen atoms in total. The first-order valence-corrected chi connectivity index (χ1v) is 5.66. The van der Waals surface area contributed by atoms with Crippen molar-refractivity contribution in [1.82, 2.24) is 5.32 Å². The monoisotopic (exact) mass is 217 g/mol. The van der Waals surface area contributed by atoms with E-state index in [1.54, 1.807) is 6.07 Å². The third-order valence-corrected chi connectivity index (χ3v) is 2.48. The Hall–Kier alpha value is -1.46. The SMILES string of the molecule is C#CCCCCNCc1cc(C)ccc1O. The molecule has 1 aromatic rings. The highest BCUT2D eigenvalue weighted by molar-refractivity contribution is 5.35. The second-order valence-electron chi connectivity index (χ2n) is 3.97. The normalized spacial score (nSPS) is 10.0. The molecule has 86 valence electrons. The minimum absolute atomic E-state index is 0.363. The van der Waals surface area contributed by atoms with Crippen LogP contribution in [0.5, 0.6) is 5.75 Å². The summed E-state index contributed by atoms with van der Waals surface area (Å²) in [7, 11) is 0. The lowest BCUT2D eigenvalue weighted by Crippen LogP contribution is -2.14. The van der Waals surface area contributed by atoms with Crippen LogP contribution in [0.4, 0.5) is 0 Å². The summed E-state index contributed by atoms with van der Waals surface area (Å²) in [5, 5.41) is 12.9. The first-order chi connectivity index (χ1) is 7.74. The fourth-order valence-electron chi connectivity index (χ4n) is 1.56. The highest BCUT2D eigenvalue weighted by Crippen LogP contribution is 2.17. The molecule has 0 aliphatic rings. The van der Waals surface area contributed by atoms with Crippen LogP contribution in [-0.2, 0) is 6.54 Å². The van der Waals surface area contributed by atoms with E-state index in [0.717, 1.165) is 31.4 Å². The van der Waals surface area contributed by atoms with Crippen LogP contribution in [0.2, 0.25) is 0 Å². The van der Waals surface area contributed by atoms with Crippen LogP contribution in [0.25, 0.3) is 0 Å². The van der Waals surface area contributed by atoms with Crippen LogP contribution in [-0.4, -0.2) is 11.7 Å². The molecule has 1 aromatic carbocycles. The molecule has 1 rings (SSSR count). The number of phenols is 1. The van der Waals surface area contributed by atoms with Gasteiger partial charge in [0.15, 0.2) is 0 Å². The largest absolute Gasteiger partial charge is 0.508 e. The molecule has 0 amide bonds. The first-order valence-electron chi connectivity index (χ1n) is 5.66. The number of aromatic hydroxyl groups is 1. The summed E-state index contributed by atoms with van der Waals surface area (Å²) in [5.41, 5.74) is 2.12. The second-order valence-corrected chi connectivity index (χ2v) is 3.97. The van der Waals surface area contributed by atoms with Crippen molar-refractivity contribution in [3.8, 4) is 18.1 Å². The van der Waals surface area contributed by atoms with Gasteiger partial charge in [0.05, 0.1) is 0 Å². The molecule has 0 aliphatic heterocycles. The van der Waals surface area contributed by atoms with E-state index in [2.05, 4.69) is 11.2 Å². The predicted molar refractivity (Wildman–Crippen MR) is 67.2 cm³/mol. The average molecular weight is 217 g/mol. The molecule has 0 fully saturated rings. The Bertz CT molecular complexity index is 365. The molecule has 0 aromatic heterocycles. The van der Waals surface area contributed by atoms with Crippen molar-refractivity contribution in [2.24, 2.45) is 0 Å². The number of rotatable bonds is 6. The summed E-state index contributed by atoms with van der Waals surface area (Å²) in [4.78, 5) is 0. The van der Waals surface area contributed by atoms with Crippen molar-refractivity contribution in [2.75, 3.05) is 6.54 Å². The molecular weight excluding hydrogens is 198 g/mol. The Morgan fingerprint density at radius 3 is 2.94 bits per heavy atom. The molecule has 0 saturated carbocycles. The quantitative estimate of drug-likeness (QED) is 0.567. The van der Waals surface area contributed by atoms with E-state index in [9.17, 15) is 5.11 Å². The fraction of sp³-hybridized carbons (Fsp3) is 0.429. The first kappa shape index (κ1) is 12.6. The number of terminal acetylenes is 1. The van der Waals surface area contributed by atoms with E-state index >= 15 is 0 Å². The van der Waals surface area contributed by atoms with Gasteiger partial charge in [-0.05, 0) is 32.4 Å². The van der Waals surface area contributed by atoms with Crippen LogP contribution < -0.4 is 5.32 Å². The van der Waals surface area contributed by atoms with Gasteiger partial charge in [-0.25, -0.2) is 0 Å². The number of unbranched alkanes of at least 4 members (excludes halogenated alkanes) is 2. The molecule has 0 spiro atoms. The Balaban J connectivity index is 2.27. The molecule has 0 radical (unpaired) electrons.